The van der Waals surface area contributed by atoms with E-state index in [1.54, 1.807) is 24.3 Å². The Morgan fingerprint density at radius 3 is 2.48 bits per heavy atom. The van der Waals surface area contributed by atoms with Crippen molar-refractivity contribution >= 4 is 34.8 Å². The van der Waals surface area contributed by atoms with Gasteiger partial charge < -0.3 is 26.3 Å². The van der Waals surface area contributed by atoms with Gasteiger partial charge in [0.25, 0.3) is 11.8 Å². The van der Waals surface area contributed by atoms with Crippen molar-refractivity contribution in [1.82, 2.24) is 10.7 Å². The maximum Gasteiger partial charge on any atom is 0.256 e. The molecule has 2 amide bonds. The Bertz CT molecular complexity index is 636. The third-order valence-electron chi connectivity index (χ3n) is 3.62. The highest BCUT2D eigenvalue weighted by Gasteiger charge is 2.30. The third kappa shape index (κ3) is 5.42. The Morgan fingerprint density at radius 2 is 1.88 bits per heavy atom. The van der Waals surface area contributed by atoms with Crippen LogP contribution in [-0.2, 0) is 9.59 Å². The maximum atomic E-state index is 12.0. The quantitative estimate of drug-likeness (QED) is 0.321. The summed E-state index contributed by atoms with van der Waals surface area (Å²) in [5.41, 5.74) is 5.19. The molecule has 2 rings (SSSR count). The summed E-state index contributed by atoms with van der Waals surface area (Å²) < 4.78 is 0. The van der Waals surface area contributed by atoms with E-state index in [0.29, 0.717) is 18.0 Å². The number of nitrogens with zero attached hydrogens (tertiary/aromatic N) is 1. The Hall–Kier alpha value is -2.16. The number of alkyl halides is 1. The van der Waals surface area contributed by atoms with Crippen molar-refractivity contribution in [2.45, 2.75) is 25.0 Å². The summed E-state index contributed by atoms with van der Waals surface area (Å²) in [5, 5.41) is 28.6. The largest absolute Gasteiger partial charge is 0.380 e. The van der Waals surface area contributed by atoms with Crippen molar-refractivity contribution in [3.05, 3.63) is 29.8 Å². The van der Waals surface area contributed by atoms with Gasteiger partial charge in [0.05, 0.1) is 5.71 Å². The number of halogens is 1. The van der Waals surface area contributed by atoms with Gasteiger partial charge in [0.15, 0.2) is 12.2 Å². The smallest absolute Gasteiger partial charge is 0.256 e. The molecule has 136 valence electrons. The summed E-state index contributed by atoms with van der Waals surface area (Å²) in [6.45, 7) is 1.05. The summed E-state index contributed by atoms with van der Waals surface area (Å²) in [5.74, 6) is -1.33. The van der Waals surface area contributed by atoms with Crippen LogP contribution in [0, 0.1) is 0 Å². The molecule has 0 saturated heterocycles. The molecule has 9 heteroatoms. The molecule has 25 heavy (non-hydrogen) atoms. The number of aliphatic hydroxyl groups is 2. The average molecular weight is 369 g/mol. The number of carbonyl (C=O) groups excluding carboxylic acids is 2. The van der Waals surface area contributed by atoms with Crippen molar-refractivity contribution in [2.24, 2.45) is 5.10 Å². The van der Waals surface area contributed by atoms with Crippen molar-refractivity contribution in [3.8, 4) is 0 Å². The molecule has 0 aromatic heterocycles. The molecule has 8 nitrogen and oxygen atoms in total. The molecule has 0 spiro atoms. The summed E-state index contributed by atoms with van der Waals surface area (Å²) in [6, 6.07) is 6.91. The highest BCUT2D eigenvalue weighted by atomic mass is 35.5. The Labute approximate surface area is 150 Å². The standard InChI is InChI=1S/C16H21ClN4O4/c17-7-1-8-18-15(24)13(22)14(23)16(25)20-11-4-2-10(3-5-11)12-6-9-19-21-12/h2-5,13-14,19,22-23H,1,6-9H2,(H,18,24)(H,20,25)/t13-,14-/m1/s1. The van der Waals surface area contributed by atoms with Gasteiger partial charge in [0, 0.05) is 31.1 Å². The van der Waals surface area contributed by atoms with E-state index in [0.717, 1.165) is 24.2 Å². The maximum absolute atomic E-state index is 12.0. The van der Waals surface area contributed by atoms with Crippen LogP contribution in [0.5, 0.6) is 0 Å². The zero-order valence-corrected chi connectivity index (χ0v) is 14.3. The van der Waals surface area contributed by atoms with Crippen LogP contribution < -0.4 is 16.1 Å². The number of hydrazone groups is 1. The molecular formula is C16H21ClN4O4. The summed E-state index contributed by atoms with van der Waals surface area (Å²) in [7, 11) is 0. The molecule has 0 fully saturated rings. The van der Waals surface area contributed by atoms with E-state index >= 15 is 0 Å². The van der Waals surface area contributed by atoms with E-state index in [2.05, 4.69) is 21.2 Å². The number of anilines is 1. The molecular weight excluding hydrogens is 348 g/mol. The molecule has 0 bridgehead atoms. The lowest BCUT2D eigenvalue weighted by Crippen LogP contribution is -2.47. The van der Waals surface area contributed by atoms with Crippen LogP contribution in [0.2, 0.25) is 0 Å². The number of amides is 2. The topological polar surface area (TPSA) is 123 Å². The zero-order valence-electron chi connectivity index (χ0n) is 13.5. The summed E-state index contributed by atoms with van der Waals surface area (Å²) >= 11 is 5.48. The number of benzene rings is 1. The van der Waals surface area contributed by atoms with Gasteiger partial charge in [-0.05, 0) is 24.1 Å². The minimum Gasteiger partial charge on any atom is -0.380 e. The highest BCUT2D eigenvalue weighted by Crippen LogP contribution is 2.14. The Kier molecular flexibility index (Phi) is 7.17. The number of carbonyl (C=O) groups is 2. The van der Waals surface area contributed by atoms with Crippen molar-refractivity contribution in [1.29, 1.82) is 0 Å². The lowest BCUT2D eigenvalue weighted by molar-refractivity contribution is -0.143. The molecule has 5 N–H and O–H groups in total. The number of hydrogen-bond donors (Lipinski definition) is 5. The molecule has 0 aliphatic carbocycles. The average Bonchev–Trinajstić information content (AvgIpc) is 3.15. The summed E-state index contributed by atoms with van der Waals surface area (Å²) in [4.78, 5) is 23.6. The van der Waals surface area contributed by atoms with Crippen LogP contribution in [0.1, 0.15) is 18.4 Å². The molecule has 1 aromatic carbocycles. The van der Waals surface area contributed by atoms with Gasteiger partial charge in [-0.25, -0.2) is 0 Å². The van der Waals surface area contributed by atoms with E-state index in [1.165, 1.54) is 0 Å². The first-order valence-electron chi connectivity index (χ1n) is 7.93. The Morgan fingerprint density at radius 1 is 1.20 bits per heavy atom. The molecule has 0 unspecified atom stereocenters. The molecule has 2 atom stereocenters. The molecule has 0 radical (unpaired) electrons. The third-order valence-corrected chi connectivity index (χ3v) is 3.89. The van der Waals surface area contributed by atoms with Crippen LogP contribution >= 0.6 is 11.6 Å². The number of hydrogen-bond acceptors (Lipinski definition) is 6. The fourth-order valence-electron chi connectivity index (χ4n) is 2.22. The predicted octanol–water partition coefficient (Wildman–Crippen LogP) is -0.211. The van der Waals surface area contributed by atoms with Gasteiger partial charge in [-0.15, -0.1) is 11.6 Å². The molecule has 1 aliphatic heterocycles. The fraction of sp³-hybridized carbons (Fsp3) is 0.438. The van der Waals surface area contributed by atoms with E-state index in [-0.39, 0.29) is 6.54 Å². The van der Waals surface area contributed by atoms with Gasteiger partial charge in [0.1, 0.15) is 0 Å². The first-order chi connectivity index (χ1) is 12.0. The van der Waals surface area contributed by atoms with Gasteiger partial charge in [0.2, 0.25) is 0 Å². The van der Waals surface area contributed by atoms with Gasteiger partial charge in [-0.2, -0.15) is 5.10 Å². The van der Waals surface area contributed by atoms with Crippen molar-refractivity contribution in [2.75, 3.05) is 24.3 Å². The second-order valence-electron chi connectivity index (χ2n) is 5.51. The van der Waals surface area contributed by atoms with Gasteiger partial charge in [-0.1, -0.05) is 12.1 Å². The van der Waals surface area contributed by atoms with E-state index in [1.807, 2.05) is 0 Å². The van der Waals surface area contributed by atoms with Gasteiger partial charge in [-0.3, -0.25) is 9.59 Å². The highest BCUT2D eigenvalue weighted by molar-refractivity contribution is 6.17. The SMILES string of the molecule is O=C(NCCCCl)[C@H](O)[C@@H](O)C(=O)Nc1ccc(C2=NNCC2)cc1. The minimum atomic E-state index is -1.88. The zero-order chi connectivity index (χ0) is 18.2. The molecule has 1 aliphatic rings. The predicted molar refractivity (Wildman–Crippen MR) is 94.6 cm³/mol. The number of aliphatic hydroxyl groups excluding tert-OH is 2. The molecule has 1 heterocycles. The van der Waals surface area contributed by atoms with Gasteiger partial charge >= 0.3 is 0 Å². The van der Waals surface area contributed by atoms with Crippen LogP contribution in [0.4, 0.5) is 5.69 Å². The minimum absolute atomic E-state index is 0.258. The van der Waals surface area contributed by atoms with Crippen LogP contribution in [-0.4, -0.2) is 58.9 Å². The lowest BCUT2D eigenvalue weighted by atomic mass is 10.1. The van der Waals surface area contributed by atoms with E-state index in [4.69, 9.17) is 11.6 Å². The monoisotopic (exact) mass is 368 g/mol. The summed E-state index contributed by atoms with van der Waals surface area (Å²) in [6.07, 6.45) is -2.38. The fourth-order valence-corrected chi connectivity index (χ4v) is 2.36. The first kappa shape index (κ1) is 19.2. The van der Waals surface area contributed by atoms with Crippen LogP contribution in [0.15, 0.2) is 29.4 Å². The van der Waals surface area contributed by atoms with Crippen molar-refractivity contribution in [3.63, 3.8) is 0 Å². The second kappa shape index (κ2) is 9.36. The molecule has 1 aromatic rings. The van der Waals surface area contributed by atoms with Crippen molar-refractivity contribution < 1.29 is 19.8 Å². The normalized spacial score (nSPS) is 15.7. The first-order valence-corrected chi connectivity index (χ1v) is 8.47. The van der Waals surface area contributed by atoms with Crippen LogP contribution in [0.3, 0.4) is 0 Å². The number of nitrogens with one attached hydrogen (secondary N) is 3. The van der Waals surface area contributed by atoms with E-state index < -0.39 is 24.0 Å². The van der Waals surface area contributed by atoms with E-state index in [9.17, 15) is 19.8 Å². The number of rotatable bonds is 8. The second-order valence-corrected chi connectivity index (χ2v) is 5.88. The molecule has 0 saturated carbocycles. The lowest BCUT2D eigenvalue weighted by Gasteiger charge is -2.17. The Balaban J connectivity index is 1.88. The van der Waals surface area contributed by atoms with Crippen LogP contribution in [0.25, 0.3) is 0 Å².